The Morgan fingerprint density at radius 3 is 1.90 bits per heavy atom. The Morgan fingerprint density at radius 1 is 0.828 bits per heavy atom. The van der Waals surface area contributed by atoms with Crippen LogP contribution in [0.1, 0.15) is 31.1 Å². The van der Waals surface area contributed by atoms with E-state index in [0.29, 0.717) is 0 Å². The molecule has 2 aromatic rings. The summed E-state index contributed by atoms with van der Waals surface area (Å²) >= 11 is 0. The van der Waals surface area contributed by atoms with Gasteiger partial charge in [-0.15, -0.1) is 0 Å². The predicted molar refractivity (Wildman–Crippen MR) is 97.1 cm³/mol. The second-order valence-electron chi connectivity index (χ2n) is 5.73. The largest absolute Gasteiger partial charge is 0.504 e. The summed E-state index contributed by atoms with van der Waals surface area (Å²) in [6, 6.07) is 3.14. The lowest BCUT2D eigenvalue weighted by molar-refractivity contribution is -0.135. The van der Waals surface area contributed by atoms with E-state index in [0.717, 1.165) is 46.1 Å². The summed E-state index contributed by atoms with van der Waals surface area (Å²) in [6.45, 7) is 3.13. The van der Waals surface area contributed by atoms with Gasteiger partial charge in [0.2, 0.25) is 11.2 Å². The highest BCUT2D eigenvalue weighted by molar-refractivity contribution is 6.00. The van der Waals surface area contributed by atoms with Gasteiger partial charge < -0.3 is 24.1 Å². The molecule has 0 spiro atoms. The number of hydrogen-bond acceptors (Lipinski definition) is 10. The van der Waals surface area contributed by atoms with Gasteiger partial charge in [0.25, 0.3) is 0 Å². The van der Waals surface area contributed by atoms with Gasteiger partial charge in [-0.3, -0.25) is 19.2 Å². The van der Waals surface area contributed by atoms with Gasteiger partial charge >= 0.3 is 23.9 Å². The van der Waals surface area contributed by atoms with Gasteiger partial charge in [-0.25, -0.2) is 4.79 Å². The zero-order valence-corrected chi connectivity index (χ0v) is 15.9. The van der Waals surface area contributed by atoms with E-state index in [-0.39, 0.29) is 22.1 Å². The van der Waals surface area contributed by atoms with Crippen molar-refractivity contribution in [2.75, 3.05) is 7.11 Å². The Morgan fingerprint density at radius 2 is 1.38 bits per heavy atom. The molecule has 0 atom stereocenters. The maximum Gasteiger partial charge on any atom is 0.338 e. The molecule has 2 rings (SSSR count). The van der Waals surface area contributed by atoms with Gasteiger partial charge in [0.1, 0.15) is 0 Å². The number of carbonyl (C=O) groups is 4. The van der Waals surface area contributed by atoms with Crippen LogP contribution < -0.4 is 19.6 Å². The van der Waals surface area contributed by atoms with Crippen molar-refractivity contribution < 1.29 is 43.2 Å². The first-order chi connectivity index (χ1) is 13.5. The highest BCUT2D eigenvalue weighted by Gasteiger charge is 2.25. The predicted octanol–water partition coefficient (Wildman–Crippen LogP) is 1.47. The quantitative estimate of drug-likeness (QED) is 0.588. The first kappa shape index (κ1) is 21.4. The summed E-state index contributed by atoms with van der Waals surface area (Å²) in [5.74, 6) is -5.71. The van der Waals surface area contributed by atoms with Gasteiger partial charge in [-0.1, -0.05) is 0 Å². The van der Waals surface area contributed by atoms with E-state index in [9.17, 15) is 29.1 Å². The van der Waals surface area contributed by atoms with Crippen molar-refractivity contribution in [1.82, 2.24) is 0 Å². The molecule has 0 heterocycles. The molecule has 0 unspecified atom stereocenters. The van der Waals surface area contributed by atoms with Crippen LogP contribution in [0.3, 0.4) is 0 Å². The van der Waals surface area contributed by atoms with Crippen LogP contribution in [0.2, 0.25) is 0 Å². The van der Waals surface area contributed by atoms with Crippen LogP contribution in [0.4, 0.5) is 0 Å². The summed E-state index contributed by atoms with van der Waals surface area (Å²) in [5.41, 5.74) is -1.24. The zero-order chi connectivity index (χ0) is 21.9. The third-order valence-corrected chi connectivity index (χ3v) is 3.46. The molecule has 0 saturated heterocycles. The normalized spacial score (nSPS) is 10.2. The Bertz CT molecular complexity index is 1100. The standard InChI is InChI=1S/C19H16O10/c1-8(20)27-14-7-11-5-12(19(25)26-4)6-13(23)16(24)15(11)18(29-10(3)22)17(14)28-9(2)21/h5-7H,1-4H3,(H,23,24). The number of aromatic hydroxyl groups is 1. The topological polar surface area (TPSA) is 143 Å². The van der Waals surface area contributed by atoms with Gasteiger partial charge in [-0.05, 0) is 23.6 Å². The molecular weight excluding hydrogens is 388 g/mol. The summed E-state index contributed by atoms with van der Waals surface area (Å²) in [4.78, 5) is 59.3. The summed E-state index contributed by atoms with van der Waals surface area (Å²) in [6.07, 6.45) is 0. The monoisotopic (exact) mass is 404 g/mol. The Balaban J connectivity index is 3.10. The van der Waals surface area contributed by atoms with Crippen LogP contribution in [-0.2, 0) is 19.1 Å². The van der Waals surface area contributed by atoms with Crippen LogP contribution in [0, 0.1) is 0 Å². The molecule has 10 heteroatoms. The number of esters is 4. The van der Waals surface area contributed by atoms with Crippen LogP contribution in [0.15, 0.2) is 23.0 Å². The number of fused-ring (bicyclic) bond motifs is 1. The van der Waals surface area contributed by atoms with Crippen molar-refractivity contribution in [3.05, 3.63) is 34.0 Å². The van der Waals surface area contributed by atoms with Crippen molar-refractivity contribution in [1.29, 1.82) is 0 Å². The fourth-order valence-corrected chi connectivity index (χ4v) is 2.48. The minimum absolute atomic E-state index is 0.0564. The number of hydrogen-bond donors (Lipinski definition) is 1. The van der Waals surface area contributed by atoms with Crippen molar-refractivity contribution >= 4 is 34.6 Å². The minimum Gasteiger partial charge on any atom is -0.504 e. The van der Waals surface area contributed by atoms with E-state index in [4.69, 9.17) is 14.2 Å². The molecule has 0 aliphatic rings. The lowest BCUT2D eigenvalue weighted by atomic mass is 10.1. The lowest BCUT2D eigenvalue weighted by Gasteiger charge is -2.14. The van der Waals surface area contributed by atoms with E-state index in [1.807, 2.05) is 0 Å². The molecule has 0 aromatic heterocycles. The average Bonchev–Trinajstić information content (AvgIpc) is 2.73. The smallest absolute Gasteiger partial charge is 0.338 e. The fourth-order valence-electron chi connectivity index (χ4n) is 2.48. The van der Waals surface area contributed by atoms with E-state index < -0.39 is 46.6 Å². The fraction of sp³-hybridized carbons (Fsp3) is 0.211. The SMILES string of the molecule is COC(=O)c1cc(O)c(=O)c2c(OC(C)=O)c(OC(C)=O)c(OC(C)=O)cc2c1. The molecular formula is C19H16O10. The van der Waals surface area contributed by atoms with E-state index in [1.54, 1.807) is 0 Å². The Labute approximate surface area is 163 Å². The average molecular weight is 404 g/mol. The van der Waals surface area contributed by atoms with Crippen molar-refractivity contribution in [2.45, 2.75) is 20.8 Å². The molecule has 0 radical (unpaired) electrons. The minimum atomic E-state index is -1.03. The zero-order valence-electron chi connectivity index (χ0n) is 15.9. The van der Waals surface area contributed by atoms with Crippen LogP contribution >= 0.6 is 0 Å². The molecule has 0 saturated carbocycles. The molecule has 1 N–H and O–H groups in total. The molecule has 10 nitrogen and oxygen atoms in total. The van der Waals surface area contributed by atoms with Gasteiger partial charge in [-0.2, -0.15) is 0 Å². The molecule has 2 aromatic carbocycles. The third kappa shape index (κ3) is 4.67. The van der Waals surface area contributed by atoms with Crippen molar-refractivity contribution in [3.63, 3.8) is 0 Å². The molecule has 0 aliphatic heterocycles. The second-order valence-corrected chi connectivity index (χ2v) is 5.73. The maximum absolute atomic E-state index is 12.7. The summed E-state index contributed by atoms with van der Waals surface area (Å²) in [5, 5.41) is 9.65. The maximum atomic E-state index is 12.7. The highest BCUT2D eigenvalue weighted by Crippen LogP contribution is 2.43. The first-order valence-corrected chi connectivity index (χ1v) is 8.06. The Kier molecular flexibility index (Phi) is 6.17. The number of rotatable bonds is 4. The number of carbonyl (C=O) groups excluding carboxylic acids is 4. The van der Waals surface area contributed by atoms with E-state index in [1.165, 1.54) is 0 Å². The van der Waals surface area contributed by atoms with Crippen molar-refractivity contribution in [3.8, 4) is 23.0 Å². The Hall–Kier alpha value is -3.95. The molecule has 0 aliphatic carbocycles. The highest BCUT2D eigenvalue weighted by atomic mass is 16.6. The summed E-state index contributed by atoms with van der Waals surface area (Å²) in [7, 11) is 1.10. The summed E-state index contributed by atoms with van der Waals surface area (Å²) < 4.78 is 19.7. The van der Waals surface area contributed by atoms with E-state index in [2.05, 4.69) is 4.74 Å². The van der Waals surface area contributed by atoms with Crippen LogP contribution in [0.25, 0.3) is 10.8 Å². The van der Waals surface area contributed by atoms with Crippen LogP contribution in [-0.4, -0.2) is 36.1 Å². The molecule has 0 fully saturated rings. The van der Waals surface area contributed by atoms with Crippen LogP contribution in [0.5, 0.6) is 23.0 Å². The molecule has 0 bridgehead atoms. The van der Waals surface area contributed by atoms with Gasteiger partial charge in [0, 0.05) is 20.8 Å². The number of benzene rings is 1. The molecule has 29 heavy (non-hydrogen) atoms. The molecule has 0 amide bonds. The van der Waals surface area contributed by atoms with Gasteiger partial charge in [0.15, 0.2) is 17.2 Å². The first-order valence-electron chi connectivity index (χ1n) is 8.06. The van der Waals surface area contributed by atoms with E-state index >= 15 is 0 Å². The number of methoxy groups -OCH3 is 1. The third-order valence-electron chi connectivity index (χ3n) is 3.46. The molecule has 152 valence electrons. The number of ether oxygens (including phenoxy) is 4. The lowest BCUT2D eigenvalue weighted by Crippen LogP contribution is -2.12. The second kappa shape index (κ2) is 8.38. The van der Waals surface area contributed by atoms with Crippen molar-refractivity contribution in [2.24, 2.45) is 0 Å². The van der Waals surface area contributed by atoms with Gasteiger partial charge in [0.05, 0.1) is 18.1 Å².